The van der Waals surface area contributed by atoms with Gasteiger partial charge in [0.1, 0.15) is 0 Å². The van der Waals surface area contributed by atoms with Crippen LogP contribution in [0.25, 0.3) is 0 Å². The Kier molecular flexibility index (Phi) is 5.83. The Balaban J connectivity index is 2.74. The first-order valence-corrected chi connectivity index (χ1v) is 7.34. The molecule has 1 aromatic carbocycles. The summed E-state index contributed by atoms with van der Waals surface area (Å²) in [5.74, 6) is 0. The van der Waals surface area contributed by atoms with E-state index in [-0.39, 0.29) is 5.41 Å². The van der Waals surface area contributed by atoms with Gasteiger partial charge in [0.25, 0.3) is 0 Å². The van der Waals surface area contributed by atoms with Crippen LogP contribution in [0, 0.1) is 12.3 Å². The summed E-state index contributed by atoms with van der Waals surface area (Å²) < 4.78 is 1.20. The Morgan fingerprint density at radius 1 is 1.33 bits per heavy atom. The molecule has 1 rings (SSSR count). The van der Waals surface area contributed by atoms with Crippen LogP contribution in [0.15, 0.2) is 22.7 Å². The summed E-state index contributed by atoms with van der Waals surface area (Å²) in [4.78, 5) is 2.45. The van der Waals surface area contributed by atoms with E-state index < -0.39 is 0 Å². The van der Waals surface area contributed by atoms with E-state index in [0.717, 1.165) is 26.2 Å². The Hall–Kier alpha value is -0.380. The second-order valence-corrected chi connectivity index (χ2v) is 6.62. The van der Waals surface area contributed by atoms with E-state index >= 15 is 0 Å². The van der Waals surface area contributed by atoms with Gasteiger partial charge in [-0.15, -0.1) is 0 Å². The monoisotopic (exact) mass is 312 g/mol. The predicted molar refractivity (Wildman–Crippen MR) is 82.7 cm³/mol. The third kappa shape index (κ3) is 4.71. The predicted octanol–water partition coefficient (Wildman–Crippen LogP) is 3.56. The highest BCUT2D eigenvalue weighted by Gasteiger charge is 2.19. The van der Waals surface area contributed by atoms with Crippen molar-refractivity contribution in [2.24, 2.45) is 11.1 Å². The van der Waals surface area contributed by atoms with Crippen LogP contribution in [0.1, 0.15) is 31.9 Å². The molecule has 0 saturated heterocycles. The van der Waals surface area contributed by atoms with Crippen molar-refractivity contribution in [1.82, 2.24) is 4.90 Å². The van der Waals surface area contributed by atoms with E-state index in [2.05, 4.69) is 66.7 Å². The van der Waals surface area contributed by atoms with E-state index in [4.69, 9.17) is 5.73 Å². The van der Waals surface area contributed by atoms with Gasteiger partial charge >= 0.3 is 0 Å². The first kappa shape index (κ1) is 15.7. The van der Waals surface area contributed by atoms with Gasteiger partial charge in [-0.05, 0) is 42.6 Å². The summed E-state index contributed by atoms with van der Waals surface area (Å²) >= 11 is 3.65. The number of nitrogens with two attached hydrogens (primary N) is 1. The van der Waals surface area contributed by atoms with Crippen LogP contribution < -0.4 is 5.73 Å². The maximum Gasteiger partial charge on any atom is 0.0245 e. The Morgan fingerprint density at radius 3 is 2.50 bits per heavy atom. The molecule has 0 atom stereocenters. The molecule has 0 unspecified atom stereocenters. The first-order valence-electron chi connectivity index (χ1n) is 6.55. The summed E-state index contributed by atoms with van der Waals surface area (Å²) in [7, 11) is 0. The van der Waals surface area contributed by atoms with Crippen LogP contribution in [0.4, 0.5) is 0 Å². The summed E-state index contributed by atoms with van der Waals surface area (Å²) in [6.07, 6.45) is 0. The molecule has 18 heavy (non-hydrogen) atoms. The third-order valence-corrected chi connectivity index (χ3v) is 3.99. The van der Waals surface area contributed by atoms with Crippen molar-refractivity contribution in [3.8, 4) is 0 Å². The van der Waals surface area contributed by atoms with Crippen molar-refractivity contribution >= 4 is 15.9 Å². The number of hydrogen-bond donors (Lipinski definition) is 1. The van der Waals surface area contributed by atoms with Crippen LogP contribution in [-0.2, 0) is 6.54 Å². The molecule has 0 fully saturated rings. The lowest BCUT2D eigenvalue weighted by Gasteiger charge is -2.31. The zero-order chi connectivity index (χ0) is 13.8. The summed E-state index contributed by atoms with van der Waals surface area (Å²) in [5, 5.41) is 0. The van der Waals surface area contributed by atoms with Gasteiger partial charge < -0.3 is 5.73 Å². The van der Waals surface area contributed by atoms with Crippen molar-refractivity contribution in [1.29, 1.82) is 0 Å². The van der Waals surface area contributed by atoms with Gasteiger partial charge in [0.15, 0.2) is 0 Å². The van der Waals surface area contributed by atoms with Crippen molar-refractivity contribution in [3.63, 3.8) is 0 Å². The second-order valence-electron chi connectivity index (χ2n) is 5.77. The van der Waals surface area contributed by atoms with Gasteiger partial charge in [0.2, 0.25) is 0 Å². The molecule has 0 amide bonds. The zero-order valence-corrected chi connectivity index (χ0v) is 13.5. The molecule has 0 spiro atoms. The molecule has 0 bridgehead atoms. The molecule has 3 heteroatoms. The normalized spacial score (nSPS) is 12.2. The molecule has 0 radical (unpaired) electrons. The van der Waals surface area contributed by atoms with E-state index in [9.17, 15) is 0 Å². The fourth-order valence-electron chi connectivity index (χ4n) is 1.97. The van der Waals surface area contributed by atoms with Crippen molar-refractivity contribution < 1.29 is 0 Å². The van der Waals surface area contributed by atoms with Gasteiger partial charge in [0.05, 0.1) is 0 Å². The lowest BCUT2D eigenvalue weighted by Crippen LogP contribution is -2.38. The largest absolute Gasteiger partial charge is 0.330 e. The minimum Gasteiger partial charge on any atom is -0.330 e. The number of benzene rings is 1. The number of halogens is 1. The molecular weight excluding hydrogens is 288 g/mol. The second kappa shape index (κ2) is 6.69. The average molecular weight is 313 g/mol. The summed E-state index contributed by atoms with van der Waals surface area (Å²) in [5.41, 5.74) is 8.62. The number of nitrogens with zero attached hydrogens (tertiary/aromatic N) is 1. The SMILES string of the molecule is CCN(Cc1ccc(C)cc1Br)CC(C)(C)CN. The fraction of sp³-hybridized carbons (Fsp3) is 0.600. The Bertz CT molecular complexity index is 388. The molecule has 2 N–H and O–H groups in total. The third-order valence-electron chi connectivity index (χ3n) is 3.25. The minimum absolute atomic E-state index is 0.174. The fourth-order valence-corrected chi connectivity index (χ4v) is 2.59. The molecule has 0 aliphatic carbocycles. The maximum atomic E-state index is 5.82. The maximum absolute atomic E-state index is 5.82. The van der Waals surface area contributed by atoms with Gasteiger partial charge in [-0.3, -0.25) is 4.90 Å². The molecule has 0 heterocycles. The smallest absolute Gasteiger partial charge is 0.0245 e. The molecule has 0 saturated carbocycles. The van der Waals surface area contributed by atoms with E-state index in [1.54, 1.807) is 0 Å². The summed E-state index contributed by atoms with van der Waals surface area (Å²) in [6, 6.07) is 6.55. The molecule has 1 aromatic rings. The van der Waals surface area contributed by atoms with Crippen molar-refractivity contribution in [2.75, 3.05) is 19.6 Å². The Labute approximate surface area is 120 Å². The first-order chi connectivity index (χ1) is 8.38. The molecular formula is C15H25BrN2. The van der Waals surface area contributed by atoms with Gasteiger partial charge in [0, 0.05) is 17.6 Å². The molecule has 0 aliphatic heterocycles. The van der Waals surface area contributed by atoms with E-state index in [0.29, 0.717) is 0 Å². The summed E-state index contributed by atoms with van der Waals surface area (Å²) in [6.45, 7) is 12.5. The molecule has 102 valence electrons. The number of aryl methyl sites for hydroxylation is 1. The van der Waals surface area contributed by atoms with Gasteiger partial charge in [-0.25, -0.2) is 0 Å². The number of hydrogen-bond acceptors (Lipinski definition) is 2. The van der Waals surface area contributed by atoms with Crippen LogP contribution >= 0.6 is 15.9 Å². The van der Waals surface area contributed by atoms with Crippen molar-refractivity contribution in [2.45, 2.75) is 34.2 Å². The van der Waals surface area contributed by atoms with Gasteiger partial charge in [-0.2, -0.15) is 0 Å². The Morgan fingerprint density at radius 2 is 2.00 bits per heavy atom. The average Bonchev–Trinajstić information content (AvgIpc) is 2.31. The van der Waals surface area contributed by atoms with E-state index in [1.165, 1.54) is 15.6 Å². The highest BCUT2D eigenvalue weighted by atomic mass is 79.9. The van der Waals surface area contributed by atoms with Gasteiger partial charge in [-0.1, -0.05) is 48.8 Å². The lowest BCUT2D eigenvalue weighted by atomic mass is 9.93. The zero-order valence-electron chi connectivity index (χ0n) is 12.0. The highest BCUT2D eigenvalue weighted by molar-refractivity contribution is 9.10. The highest BCUT2D eigenvalue weighted by Crippen LogP contribution is 2.22. The quantitative estimate of drug-likeness (QED) is 0.870. The lowest BCUT2D eigenvalue weighted by molar-refractivity contribution is 0.183. The van der Waals surface area contributed by atoms with Crippen molar-refractivity contribution in [3.05, 3.63) is 33.8 Å². The minimum atomic E-state index is 0.174. The van der Waals surface area contributed by atoms with Crippen LogP contribution in [-0.4, -0.2) is 24.5 Å². The topological polar surface area (TPSA) is 29.3 Å². The molecule has 0 aromatic heterocycles. The van der Waals surface area contributed by atoms with Crippen LogP contribution in [0.3, 0.4) is 0 Å². The molecule has 0 aliphatic rings. The standard InChI is InChI=1S/C15H25BrN2/c1-5-18(11-15(3,4)10-17)9-13-7-6-12(2)8-14(13)16/h6-8H,5,9-11,17H2,1-4H3. The van der Waals surface area contributed by atoms with Crippen LogP contribution in [0.2, 0.25) is 0 Å². The number of rotatable bonds is 6. The molecule has 2 nitrogen and oxygen atoms in total. The van der Waals surface area contributed by atoms with E-state index in [1.807, 2.05) is 0 Å². The van der Waals surface area contributed by atoms with Crippen LogP contribution in [0.5, 0.6) is 0 Å².